The number of ether oxygens (including phenoxy) is 1. The van der Waals surface area contributed by atoms with Crippen LogP contribution in [0.5, 0.6) is 0 Å². The van der Waals surface area contributed by atoms with Crippen molar-refractivity contribution < 1.29 is 10.1 Å². The monoisotopic (exact) mass is 357 g/mol. The maximum absolute atomic E-state index is 5.27. The molecule has 2 aliphatic rings. The van der Waals surface area contributed by atoms with Gasteiger partial charge < -0.3 is 20.3 Å². The fraction of sp³-hybridized carbons (Fsp3) is 0.421. The summed E-state index contributed by atoms with van der Waals surface area (Å²) in [5.74, 6) is 1.10. The van der Waals surface area contributed by atoms with E-state index < -0.39 is 0 Å². The number of thiophene rings is 1. The smallest absolute Gasteiger partial charge is 0.140 e. The molecule has 1 atom stereocenters. The molecule has 1 aromatic heterocycles. The molecular formula is C19H25N4OS+. The molecular weight excluding hydrogens is 332 g/mol. The lowest BCUT2D eigenvalue weighted by Gasteiger charge is -2.33. The third kappa shape index (κ3) is 3.42. The van der Waals surface area contributed by atoms with Gasteiger partial charge in [-0.3, -0.25) is 0 Å². The molecule has 3 heterocycles. The first-order valence-electron chi connectivity index (χ1n) is 8.87. The molecule has 2 aromatic rings. The number of nitrogens with zero attached hydrogens (tertiary/aromatic N) is 2. The first-order valence-corrected chi connectivity index (χ1v) is 9.69. The van der Waals surface area contributed by atoms with Gasteiger partial charge in [0.2, 0.25) is 0 Å². The van der Waals surface area contributed by atoms with Crippen LogP contribution in [-0.4, -0.2) is 50.1 Å². The predicted octanol–water partition coefficient (Wildman–Crippen LogP) is 2.48. The molecule has 2 aliphatic heterocycles. The lowest BCUT2D eigenvalue weighted by atomic mass is 10.1. The molecule has 1 aromatic carbocycles. The molecule has 0 saturated carbocycles. The van der Waals surface area contributed by atoms with Crippen LogP contribution in [0.15, 0.2) is 35.3 Å². The van der Waals surface area contributed by atoms with E-state index in [1.165, 1.54) is 15.4 Å². The van der Waals surface area contributed by atoms with Crippen molar-refractivity contribution in [2.45, 2.75) is 19.4 Å². The number of piperazine rings is 1. The number of fused-ring (bicyclic) bond motifs is 2. The van der Waals surface area contributed by atoms with Crippen molar-refractivity contribution in [3.63, 3.8) is 0 Å². The first kappa shape index (κ1) is 16.6. The molecule has 0 aliphatic carbocycles. The van der Waals surface area contributed by atoms with Crippen LogP contribution in [0.3, 0.4) is 0 Å². The Morgan fingerprint density at radius 2 is 2.28 bits per heavy atom. The standard InChI is InChI=1S/C19H24N4OS/c1-13-11-15-18(23-9-8-20-14(12-23)7-10-24-2)21-16-5-3-4-6-17(16)22-19(15)25-13/h3-6,11,14,20,22H,7-10,12H2,1-2H3/p+1/t14-/m0/s1. The SMILES string of the molecule is COCC[C@H]1CN(C2=Nc3ccccc3Nc3sc(C)cc32)CC[NH2+]1. The summed E-state index contributed by atoms with van der Waals surface area (Å²) in [5.41, 5.74) is 3.33. The Balaban J connectivity index is 1.70. The van der Waals surface area contributed by atoms with Gasteiger partial charge in [0.1, 0.15) is 16.9 Å². The van der Waals surface area contributed by atoms with Crippen molar-refractivity contribution in [1.29, 1.82) is 0 Å². The number of hydrogen-bond acceptors (Lipinski definition) is 5. The van der Waals surface area contributed by atoms with Crippen LogP contribution in [0.4, 0.5) is 16.4 Å². The molecule has 0 unspecified atom stereocenters. The highest BCUT2D eigenvalue weighted by Gasteiger charge is 2.29. The van der Waals surface area contributed by atoms with Gasteiger partial charge in [-0.2, -0.15) is 0 Å². The molecule has 1 saturated heterocycles. The molecule has 0 radical (unpaired) electrons. The molecule has 0 spiro atoms. The minimum absolute atomic E-state index is 0.561. The van der Waals surface area contributed by atoms with Crippen molar-refractivity contribution in [3.8, 4) is 0 Å². The molecule has 0 amide bonds. The number of para-hydroxylation sites is 2. The van der Waals surface area contributed by atoms with E-state index in [0.29, 0.717) is 6.04 Å². The quantitative estimate of drug-likeness (QED) is 0.887. The number of aliphatic imine (C=N–C) groups is 1. The molecule has 1 fully saturated rings. The fourth-order valence-corrected chi connectivity index (χ4v) is 4.49. The van der Waals surface area contributed by atoms with E-state index >= 15 is 0 Å². The Bertz CT molecular complexity index is 785. The second-order valence-electron chi connectivity index (χ2n) is 6.69. The topological polar surface area (TPSA) is 53.5 Å². The van der Waals surface area contributed by atoms with E-state index in [1.807, 2.05) is 0 Å². The maximum atomic E-state index is 5.27. The molecule has 6 heteroatoms. The Kier molecular flexibility index (Phi) is 4.74. The van der Waals surface area contributed by atoms with Crippen LogP contribution in [-0.2, 0) is 4.74 Å². The van der Waals surface area contributed by atoms with Crippen molar-refractivity contribution in [2.75, 3.05) is 38.7 Å². The third-order valence-electron chi connectivity index (χ3n) is 4.82. The zero-order valence-corrected chi connectivity index (χ0v) is 15.6. The van der Waals surface area contributed by atoms with Gasteiger partial charge in [0, 0.05) is 18.4 Å². The maximum Gasteiger partial charge on any atom is 0.140 e. The van der Waals surface area contributed by atoms with E-state index in [4.69, 9.17) is 9.73 Å². The minimum atomic E-state index is 0.561. The summed E-state index contributed by atoms with van der Waals surface area (Å²) in [7, 11) is 1.78. The summed E-state index contributed by atoms with van der Waals surface area (Å²) >= 11 is 1.80. The van der Waals surface area contributed by atoms with Gasteiger partial charge in [-0.15, -0.1) is 11.3 Å². The number of nitrogens with two attached hydrogens (primary N) is 1. The molecule has 3 N–H and O–H groups in total. The Morgan fingerprint density at radius 1 is 1.40 bits per heavy atom. The second-order valence-corrected chi connectivity index (χ2v) is 7.95. The third-order valence-corrected chi connectivity index (χ3v) is 5.79. The van der Waals surface area contributed by atoms with Crippen LogP contribution >= 0.6 is 11.3 Å². The van der Waals surface area contributed by atoms with E-state index in [-0.39, 0.29) is 0 Å². The lowest BCUT2D eigenvalue weighted by molar-refractivity contribution is -0.697. The highest BCUT2D eigenvalue weighted by molar-refractivity contribution is 7.16. The first-order chi connectivity index (χ1) is 12.2. The second kappa shape index (κ2) is 7.15. The lowest BCUT2D eigenvalue weighted by Crippen LogP contribution is -2.95. The molecule has 0 bridgehead atoms. The largest absolute Gasteiger partial charge is 0.384 e. The van der Waals surface area contributed by atoms with Crippen molar-refractivity contribution >= 4 is 33.5 Å². The van der Waals surface area contributed by atoms with E-state index in [0.717, 1.165) is 49.9 Å². The number of anilines is 2. The highest BCUT2D eigenvalue weighted by Crippen LogP contribution is 2.39. The van der Waals surface area contributed by atoms with Crippen LogP contribution in [0.2, 0.25) is 0 Å². The normalized spacial score (nSPS) is 19.5. The summed E-state index contributed by atoms with van der Waals surface area (Å²) in [6.07, 6.45) is 1.07. The van der Waals surface area contributed by atoms with Gasteiger partial charge >= 0.3 is 0 Å². The summed E-state index contributed by atoms with van der Waals surface area (Å²) in [6.45, 7) is 6.11. The number of methoxy groups -OCH3 is 1. The predicted molar refractivity (Wildman–Crippen MR) is 104 cm³/mol. The van der Waals surface area contributed by atoms with Crippen LogP contribution in [0.25, 0.3) is 0 Å². The Morgan fingerprint density at radius 3 is 3.16 bits per heavy atom. The van der Waals surface area contributed by atoms with Gasteiger partial charge in [-0.1, -0.05) is 12.1 Å². The fourth-order valence-electron chi connectivity index (χ4n) is 3.57. The Hall–Kier alpha value is -1.89. The number of hydrogen-bond donors (Lipinski definition) is 2. The molecule has 5 nitrogen and oxygen atoms in total. The number of rotatable bonds is 3. The number of aryl methyl sites for hydroxylation is 1. The number of quaternary nitrogens is 1. The van der Waals surface area contributed by atoms with E-state index in [9.17, 15) is 0 Å². The summed E-state index contributed by atoms with van der Waals surface area (Å²) < 4.78 is 5.27. The summed E-state index contributed by atoms with van der Waals surface area (Å²) in [4.78, 5) is 8.84. The van der Waals surface area contributed by atoms with Crippen molar-refractivity contribution in [1.82, 2.24) is 4.90 Å². The number of benzene rings is 1. The average Bonchev–Trinajstić information content (AvgIpc) is 2.91. The summed E-state index contributed by atoms with van der Waals surface area (Å²) in [5, 5.41) is 7.23. The number of amidine groups is 1. The van der Waals surface area contributed by atoms with Gasteiger partial charge in [0.15, 0.2) is 0 Å². The molecule has 4 rings (SSSR count). The Labute approximate surface area is 152 Å². The molecule has 132 valence electrons. The zero-order chi connectivity index (χ0) is 17.2. The average molecular weight is 358 g/mol. The highest BCUT2D eigenvalue weighted by atomic mass is 32.1. The van der Waals surface area contributed by atoms with E-state index in [2.05, 4.69) is 52.8 Å². The van der Waals surface area contributed by atoms with Gasteiger partial charge in [0.05, 0.1) is 43.2 Å². The van der Waals surface area contributed by atoms with Crippen LogP contribution < -0.4 is 10.6 Å². The summed E-state index contributed by atoms with van der Waals surface area (Å²) in [6, 6.07) is 11.1. The van der Waals surface area contributed by atoms with E-state index in [1.54, 1.807) is 18.4 Å². The van der Waals surface area contributed by atoms with Gasteiger partial charge in [0.25, 0.3) is 0 Å². The minimum Gasteiger partial charge on any atom is -0.384 e. The van der Waals surface area contributed by atoms with Gasteiger partial charge in [-0.25, -0.2) is 4.99 Å². The zero-order valence-electron chi connectivity index (χ0n) is 14.8. The number of nitrogens with one attached hydrogen (secondary N) is 1. The van der Waals surface area contributed by atoms with Crippen molar-refractivity contribution in [3.05, 3.63) is 40.8 Å². The van der Waals surface area contributed by atoms with Crippen LogP contribution in [0.1, 0.15) is 16.9 Å². The van der Waals surface area contributed by atoms with Crippen LogP contribution in [0, 0.1) is 6.92 Å². The van der Waals surface area contributed by atoms with Crippen molar-refractivity contribution in [2.24, 2.45) is 4.99 Å². The molecule has 25 heavy (non-hydrogen) atoms. The van der Waals surface area contributed by atoms with Gasteiger partial charge in [-0.05, 0) is 25.1 Å².